The van der Waals surface area contributed by atoms with E-state index in [9.17, 15) is 8.78 Å². The van der Waals surface area contributed by atoms with E-state index in [1.54, 1.807) is 0 Å². The normalized spacial score (nSPS) is 18.6. The maximum Gasteiger partial charge on any atom is 0.130 e. The van der Waals surface area contributed by atoms with Crippen LogP contribution in [0.15, 0.2) is 18.2 Å². The van der Waals surface area contributed by atoms with E-state index < -0.39 is 11.6 Å². The van der Waals surface area contributed by atoms with Gasteiger partial charge in [0.05, 0.1) is 13.2 Å². The van der Waals surface area contributed by atoms with E-state index in [2.05, 4.69) is 12.6 Å². The quantitative estimate of drug-likeness (QED) is 0.785. The summed E-state index contributed by atoms with van der Waals surface area (Å²) < 4.78 is 31.5. The first-order chi connectivity index (χ1) is 7.18. The van der Waals surface area contributed by atoms with Crippen LogP contribution in [0.2, 0.25) is 0 Å². The Balaban J connectivity index is 2.34. The number of hydrogen-bond donors (Lipinski definition) is 1. The first-order valence-electron chi connectivity index (χ1n) is 4.82. The third-order valence-electron chi connectivity index (χ3n) is 2.85. The molecule has 0 aromatic heterocycles. The van der Waals surface area contributed by atoms with Crippen molar-refractivity contribution in [2.45, 2.75) is 11.8 Å². The monoisotopic (exact) mass is 230 g/mol. The number of rotatable bonds is 3. The van der Waals surface area contributed by atoms with Gasteiger partial charge in [0.25, 0.3) is 0 Å². The molecule has 1 aliphatic heterocycles. The van der Waals surface area contributed by atoms with Crippen LogP contribution in [0.5, 0.6) is 0 Å². The average Bonchev–Trinajstić information content (AvgIpc) is 2.12. The Kier molecular flexibility index (Phi) is 2.98. The van der Waals surface area contributed by atoms with Gasteiger partial charge in [-0.15, -0.1) is 0 Å². The van der Waals surface area contributed by atoms with Crippen molar-refractivity contribution in [3.63, 3.8) is 0 Å². The van der Waals surface area contributed by atoms with Crippen LogP contribution in [0, 0.1) is 11.6 Å². The van der Waals surface area contributed by atoms with Gasteiger partial charge in [-0.2, -0.15) is 12.6 Å². The zero-order chi connectivity index (χ0) is 10.9. The second-order valence-electron chi connectivity index (χ2n) is 3.87. The minimum absolute atomic E-state index is 0.292. The molecule has 0 unspecified atom stereocenters. The lowest BCUT2D eigenvalue weighted by Gasteiger charge is -2.42. The van der Waals surface area contributed by atoms with Crippen molar-refractivity contribution >= 4 is 12.6 Å². The average molecular weight is 230 g/mol. The molecule has 1 aromatic carbocycles. The van der Waals surface area contributed by atoms with E-state index in [1.165, 1.54) is 12.1 Å². The standard InChI is InChI=1S/C11H12F2OS/c12-8-1-2-9(10(13)5-8)11(3-4-15)6-14-7-11/h1-2,5,15H,3-4,6-7H2. The molecule has 1 fully saturated rings. The minimum atomic E-state index is -0.544. The maximum absolute atomic E-state index is 13.6. The summed E-state index contributed by atoms with van der Waals surface area (Å²) in [6.07, 6.45) is 0.749. The Morgan fingerprint density at radius 1 is 1.33 bits per heavy atom. The summed E-state index contributed by atoms with van der Waals surface area (Å²) in [7, 11) is 0. The van der Waals surface area contributed by atoms with Crippen LogP contribution >= 0.6 is 12.6 Å². The Bertz CT molecular complexity index is 364. The Morgan fingerprint density at radius 2 is 2.07 bits per heavy atom. The van der Waals surface area contributed by atoms with Crippen molar-refractivity contribution in [1.29, 1.82) is 0 Å². The maximum atomic E-state index is 13.6. The molecule has 0 amide bonds. The van der Waals surface area contributed by atoms with Gasteiger partial charge in [-0.05, 0) is 23.8 Å². The molecule has 0 aliphatic carbocycles. The summed E-state index contributed by atoms with van der Waals surface area (Å²) in [5.41, 5.74) is 0.253. The smallest absolute Gasteiger partial charge is 0.130 e. The van der Waals surface area contributed by atoms with Gasteiger partial charge in [0.15, 0.2) is 0 Å². The van der Waals surface area contributed by atoms with Crippen LogP contribution < -0.4 is 0 Å². The Hall–Kier alpha value is -0.610. The molecule has 1 nitrogen and oxygen atoms in total. The zero-order valence-corrected chi connectivity index (χ0v) is 9.07. The third-order valence-corrected chi connectivity index (χ3v) is 3.07. The van der Waals surface area contributed by atoms with Crippen LogP contribution in [-0.4, -0.2) is 19.0 Å². The van der Waals surface area contributed by atoms with Crippen molar-refractivity contribution < 1.29 is 13.5 Å². The zero-order valence-electron chi connectivity index (χ0n) is 8.17. The molecule has 0 atom stereocenters. The lowest BCUT2D eigenvalue weighted by molar-refractivity contribution is -0.0630. The summed E-state index contributed by atoms with van der Waals surface area (Å²) in [5, 5.41) is 0. The molecule has 1 aliphatic rings. The molecule has 82 valence electrons. The molecular formula is C11H12F2OS. The highest BCUT2D eigenvalue weighted by molar-refractivity contribution is 7.80. The van der Waals surface area contributed by atoms with E-state index in [-0.39, 0.29) is 5.41 Å². The summed E-state index contributed by atoms with van der Waals surface area (Å²) in [6.45, 7) is 0.992. The fourth-order valence-electron chi connectivity index (χ4n) is 1.92. The van der Waals surface area contributed by atoms with Gasteiger partial charge >= 0.3 is 0 Å². The summed E-state index contributed by atoms with van der Waals surface area (Å²) >= 11 is 4.15. The van der Waals surface area contributed by atoms with Crippen LogP contribution in [0.1, 0.15) is 12.0 Å². The van der Waals surface area contributed by atoms with Crippen molar-refractivity contribution in [3.8, 4) is 0 Å². The van der Waals surface area contributed by atoms with Gasteiger partial charge in [0.1, 0.15) is 11.6 Å². The van der Waals surface area contributed by atoms with Crippen LogP contribution in [0.4, 0.5) is 8.78 Å². The summed E-state index contributed by atoms with van der Waals surface area (Å²) in [4.78, 5) is 0. The molecule has 1 saturated heterocycles. The van der Waals surface area contributed by atoms with Gasteiger partial charge in [0, 0.05) is 11.5 Å². The highest BCUT2D eigenvalue weighted by Crippen LogP contribution is 2.37. The molecule has 15 heavy (non-hydrogen) atoms. The summed E-state index contributed by atoms with van der Waals surface area (Å²) in [6, 6.07) is 3.72. The predicted octanol–water partition coefficient (Wildman–Crippen LogP) is 2.55. The molecule has 0 spiro atoms. The molecule has 0 bridgehead atoms. The molecule has 2 rings (SSSR count). The molecule has 0 saturated carbocycles. The number of hydrogen-bond acceptors (Lipinski definition) is 2. The van der Waals surface area contributed by atoms with Gasteiger partial charge in [-0.1, -0.05) is 6.07 Å². The first kappa shape index (κ1) is 10.9. The van der Waals surface area contributed by atoms with Gasteiger partial charge in [-0.25, -0.2) is 8.78 Å². The largest absolute Gasteiger partial charge is 0.379 e. The van der Waals surface area contributed by atoms with Crippen molar-refractivity contribution in [2.24, 2.45) is 0 Å². The minimum Gasteiger partial charge on any atom is -0.379 e. The highest BCUT2D eigenvalue weighted by Gasteiger charge is 2.41. The van der Waals surface area contributed by atoms with Crippen LogP contribution in [0.3, 0.4) is 0 Å². The fraction of sp³-hybridized carbons (Fsp3) is 0.455. The Morgan fingerprint density at radius 3 is 2.53 bits per heavy atom. The third kappa shape index (κ3) is 1.88. The van der Waals surface area contributed by atoms with E-state index in [0.717, 1.165) is 12.5 Å². The number of halogens is 2. The van der Waals surface area contributed by atoms with Gasteiger partial charge in [-0.3, -0.25) is 0 Å². The molecule has 1 heterocycles. The lowest BCUT2D eigenvalue weighted by Crippen LogP contribution is -2.47. The van der Waals surface area contributed by atoms with Gasteiger partial charge in [0.2, 0.25) is 0 Å². The highest BCUT2D eigenvalue weighted by atomic mass is 32.1. The van der Waals surface area contributed by atoms with Crippen LogP contribution in [0.25, 0.3) is 0 Å². The Labute approximate surface area is 92.8 Å². The second kappa shape index (κ2) is 4.10. The van der Waals surface area contributed by atoms with E-state index >= 15 is 0 Å². The van der Waals surface area contributed by atoms with Crippen LogP contribution in [-0.2, 0) is 10.2 Å². The molecule has 0 radical (unpaired) electrons. The van der Waals surface area contributed by atoms with Crippen molar-refractivity contribution in [1.82, 2.24) is 0 Å². The summed E-state index contributed by atoms with van der Waals surface area (Å²) in [5.74, 6) is -0.363. The lowest BCUT2D eigenvalue weighted by atomic mass is 9.76. The molecule has 0 N–H and O–H groups in total. The number of benzene rings is 1. The SMILES string of the molecule is Fc1ccc(C2(CCS)COC2)c(F)c1. The molecule has 4 heteroatoms. The fourth-order valence-corrected chi connectivity index (χ4v) is 2.34. The van der Waals surface area contributed by atoms with E-state index in [0.29, 0.717) is 24.5 Å². The topological polar surface area (TPSA) is 9.23 Å². The van der Waals surface area contributed by atoms with Gasteiger partial charge < -0.3 is 4.74 Å². The van der Waals surface area contributed by atoms with Crippen molar-refractivity contribution in [2.75, 3.05) is 19.0 Å². The molecule has 1 aromatic rings. The van der Waals surface area contributed by atoms with Crippen molar-refractivity contribution in [3.05, 3.63) is 35.4 Å². The second-order valence-corrected chi connectivity index (χ2v) is 4.32. The predicted molar refractivity (Wildman–Crippen MR) is 57.3 cm³/mol. The number of thiol groups is 1. The molecular weight excluding hydrogens is 218 g/mol. The number of ether oxygens (including phenoxy) is 1. The van der Waals surface area contributed by atoms with E-state index in [1.807, 2.05) is 0 Å². The van der Waals surface area contributed by atoms with E-state index in [4.69, 9.17) is 4.74 Å². The first-order valence-corrected chi connectivity index (χ1v) is 5.45.